The number of rotatable bonds is 5. The van der Waals surface area contributed by atoms with Gasteiger partial charge in [0.2, 0.25) is 0 Å². The van der Waals surface area contributed by atoms with Crippen LogP contribution in [0, 0.1) is 0 Å². The number of hydrogen-bond acceptors (Lipinski definition) is 4. The number of nitrogens with zero attached hydrogens (tertiary/aromatic N) is 2. The van der Waals surface area contributed by atoms with Crippen LogP contribution in [0.15, 0.2) is 54.7 Å². The van der Waals surface area contributed by atoms with Gasteiger partial charge in [-0.2, -0.15) is 0 Å². The van der Waals surface area contributed by atoms with Gasteiger partial charge in [-0.3, -0.25) is 14.4 Å². The molecule has 0 aliphatic carbocycles. The summed E-state index contributed by atoms with van der Waals surface area (Å²) in [5.41, 5.74) is 2.94. The van der Waals surface area contributed by atoms with E-state index in [4.69, 9.17) is 5.84 Å². The van der Waals surface area contributed by atoms with Crippen LogP contribution in [-0.4, -0.2) is 41.4 Å². The number of para-hydroxylation sites is 1. The number of aromatic nitrogens is 1. The van der Waals surface area contributed by atoms with Gasteiger partial charge >= 0.3 is 6.36 Å². The van der Waals surface area contributed by atoms with Crippen LogP contribution in [0.4, 0.5) is 13.2 Å². The lowest BCUT2D eigenvalue weighted by atomic mass is 9.96. The molecule has 1 aliphatic heterocycles. The van der Waals surface area contributed by atoms with Crippen LogP contribution >= 0.6 is 0 Å². The molecule has 2 heterocycles. The summed E-state index contributed by atoms with van der Waals surface area (Å²) in [6, 6.07) is 10.3. The van der Waals surface area contributed by atoms with Crippen molar-refractivity contribution < 1.29 is 22.7 Å². The van der Waals surface area contributed by atoms with Gasteiger partial charge in [-0.05, 0) is 48.9 Å². The van der Waals surface area contributed by atoms with Crippen molar-refractivity contribution in [1.29, 1.82) is 0 Å². The van der Waals surface area contributed by atoms with E-state index in [1.807, 2.05) is 6.20 Å². The number of alkyl halides is 3. The first-order chi connectivity index (χ1) is 14.8. The highest BCUT2D eigenvalue weighted by atomic mass is 19.4. The zero-order chi connectivity index (χ0) is 22.2. The molecule has 2 aromatic carbocycles. The third-order valence-electron chi connectivity index (χ3n) is 5.54. The van der Waals surface area contributed by atoms with Crippen molar-refractivity contribution in [3.8, 4) is 5.75 Å². The van der Waals surface area contributed by atoms with Crippen molar-refractivity contribution in [2.24, 2.45) is 0 Å². The highest BCUT2D eigenvalue weighted by molar-refractivity contribution is 6.12. The number of carbonyl (C=O) groups is 1. The van der Waals surface area contributed by atoms with Crippen molar-refractivity contribution in [1.82, 2.24) is 9.58 Å². The fourth-order valence-corrected chi connectivity index (χ4v) is 3.92. The van der Waals surface area contributed by atoms with Gasteiger partial charge in [-0.1, -0.05) is 25.1 Å². The number of ketones is 1. The van der Waals surface area contributed by atoms with E-state index in [0.717, 1.165) is 54.2 Å². The van der Waals surface area contributed by atoms with Gasteiger partial charge in [0, 0.05) is 35.8 Å². The molecule has 1 aliphatic rings. The lowest BCUT2D eigenvalue weighted by Crippen LogP contribution is -2.28. The summed E-state index contributed by atoms with van der Waals surface area (Å²) < 4.78 is 43.8. The Morgan fingerprint density at radius 2 is 1.97 bits per heavy atom. The molecule has 4 rings (SSSR count). The van der Waals surface area contributed by atoms with Gasteiger partial charge in [-0.15, -0.1) is 13.2 Å². The first-order valence-corrected chi connectivity index (χ1v) is 9.98. The van der Waals surface area contributed by atoms with E-state index in [1.165, 1.54) is 22.9 Å². The highest BCUT2D eigenvalue weighted by Crippen LogP contribution is 2.33. The first-order valence-electron chi connectivity index (χ1n) is 9.98. The van der Waals surface area contributed by atoms with Crippen molar-refractivity contribution in [2.45, 2.75) is 19.7 Å². The number of carbonyl (C=O) groups excluding carboxylic acids is 1. The summed E-state index contributed by atoms with van der Waals surface area (Å²) in [5, 5.41) is 0.791. The summed E-state index contributed by atoms with van der Waals surface area (Å²) in [6.07, 6.45) is -0.0483. The van der Waals surface area contributed by atoms with Crippen LogP contribution in [0.2, 0.25) is 0 Å². The Morgan fingerprint density at radius 1 is 1.19 bits per heavy atom. The molecule has 1 aromatic heterocycles. The van der Waals surface area contributed by atoms with Crippen LogP contribution in [-0.2, 0) is 0 Å². The van der Waals surface area contributed by atoms with Gasteiger partial charge in [0.1, 0.15) is 5.75 Å². The van der Waals surface area contributed by atoms with E-state index in [1.54, 1.807) is 18.2 Å². The first kappa shape index (κ1) is 21.0. The topological polar surface area (TPSA) is 60.5 Å². The maximum Gasteiger partial charge on any atom is 0.573 e. The molecule has 0 unspecified atom stereocenters. The van der Waals surface area contributed by atoms with Crippen molar-refractivity contribution in [3.63, 3.8) is 0 Å². The van der Waals surface area contributed by atoms with E-state index < -0.39 is 17.9 Å². The minimum atomic E-state index is -4.88. The number of likely N-dealkylation sites (N-methyl/N-ethyl adjacent to an activating group) is 1. The average molecular weight is 429 g/mol. The van der Waals surface area contributed by atoms with Crippen molar-refractivity contribution >= 4 is 22.3 Å². The van der Waals surface area contributed by atoms with Gasteiger partial charge in [0.15, 0.2) is 5.78 Å². The predicted molar refractivity (Wildman–Crippen MR) is 113 cm³/mol. The van der Waals surface area contributed by atoms with Gasteiger partial charge < -0.3 is 10.6 Å². The van der Waals surface area contributed by atoms with E-state index in [-0.39, 0.29) is 11.1 Å². The summed E-state index contributed by atoms with van der Waals surface area (Å²) in [4.78, 5) is 15.4. The van der Waals surface area contributed by atoms with Crippen LogP contribution in [0.1, 0.15) is 34.8 Å². The summed E-state index contributed by atoms with van der Waals surface area (Å²) in [7, 11) is 0. The average Bonchev–Trinajstić information content (AvgIpc) is 3.08. The monoisotopic (exact) mass is 429 g/mol. The Morgan fingerprint density at radius 3 is 2.65 bits per heavy atom. The zero-order valence-electron chi connectivity index (χ0n) is 16.9. The quantitative estimate of drug-likeness (QED) is 0.476. The lowest BCUT2D eigenvalue weighted by Gasteiger charge is -2.24. The van der Waals surface area contributed by atoms with Gasteiger partial charge in [0.05, 0.1) is 11.1 Å². The number of halogens is 3. The molecule has 0 amide bonds. The zero-order valence-corrected chi connectivity index (χ0v) is 16.9. The molecule has 0 saturated carbocycles. The second kappa shape index (κ2) is 8.11. The number of hydrogen-bond donors (Lipinski definition) is 1. The van der Waals surface area contributed by atoms with Gasteiger partial charge in [-0.25, -0.2) is 0 Å². The molecule has 8 heteroatoms. The SMILES string of the molecule is CCN1CC=C(c2cn(N)c3ccc(C(=O)c4ccccc4OC(F)(F)F)cc23)CC1. The molecule has 3 aromatic rings. The largest absolute Gasteiger partial charge is 0.573 e. The molecular formula is C23H22F3N3O2. The lowest BCUT2D eigenvalue weighted by molar-refractivity contribution is -0.274. The van der Waals surface area contributed by atoms with Crippen LogP contribution in [0.5, 0.6) is 5.75 Å². The van der Waals surface area contributed by atoms with Crippen molar-refractivity contribution in [2.75, 3.05) is 25.5 Å². The van der Waals surface area contributed by atoms with Crippen LogP contribution in [0.3, 0.4) is 0 Å². The summed E-state index contributed by atoms with van der Waals surface area (Å²) >= 11 is 0. The van der Waals surface area contributed by atoms with Gasteiger partial charge in [0.25, 0.3) is 0 Å². The summed E-state index contributed by atoms with van der Waals surface area (Å²) in [5.74, 6) is 5.05. The smallest absolute Gasteiger partial charge is 0.405 e. The highest BCUT2D eigenvalue weighted by Gasteiger charge is 2.33. The van der Waals surface area contributed by atoms with Crippen molar-refractivity contribution in [3.05, 3.63) is 71.4 Å². The number of ether oxygens (including phenoxy) is 1. The molecule has 2 N–H and O–H groups in total. The third kappa shape index (κ3) is 4.29. The fraction of sp³-hybridized carbons (Fsp3) is 0.261. The maximum absolute atomic E-state index is 13.1. The number of fused-ring (bicyclic) bond motifs is 1. The molecular weight excluding hydrogens is 407 g/mol. The fourth-order valence-electron chi connectivity index (χ4n) is 3.92. The Labute approximate surface area is 177 Å². The summed E-state index contributed by atoms with van der Waals surface area (Å²) in [6.45, 7) is 4.85. The Bertz CT molecular complexity index is 1160. The molecule has 31 heavy (non-hydrogen) atoms. The molecule has 0 bridgehead atoms. The van der Waals surface area contributed by atoms with E-state index in [2.05, 4.69) is 22.6 Å². The minimum absolute atomic E-state index is 0.150. The number of nitrogens with two attached hydrogens (primary N) is 1. The normalized spacial score (nSPS) is 15.2. The second-order valence-corrected chi connectivity index (χ2v) is 7.43. The van der Waals surface area contributed by atoms with E-state index in [0.29, 0.717) is 0 Å². The molecule has 0 saturated heterocycles. The number of nitrogen functional groups attached to an aromatic ring is 1. The Balaban J connectivity index is 1.74. The standard InChI is InChI=1S/C23H22F3N3O2/c1-2-28-11-9-15(10-12-28)19-14-29(27)20-8-7-16(13-18(19)20)22(30)17-5-3-4-6-21(17)31-23(24,25)26/h3-9,13-14H,2,10-12,27H2,1H3. The molecule has 162 valence electrons. The molecule has 0 radical (unpaired) electrons. The minimum Gasteiger partial charge on any atom is -0.405 e. The third-order valence-corrected chi connectivity index (χ3v) is 5.54. The molecule has 0 fully saturated rings. The second-order valence-electron chi connectivity index (χ2n) is 7.43. The van der Waals surface area contributed by atoms with Crippen LogP contribution in [0.25, 0.3) is 16.5 Å². The van der Waals surface area contributed by atoms with Crippen LogP contribution < -0.4 is 10.6 Å². The Kier molecular flexibility index (Phi) is 5.49. The maximum atomic E-state index is 13.1. The van der Waals surface area contributed by atoms with E-state index >= 15 is 0 Å². The predicted octanol–water partition coefficient (Wildman–Crippen LogP) is 4.59. The molecule has 5 nitrogen and oxygen atoms in total. The molecule has 0 spiro atoms. The number of benzene rings is 2. The van der Waals surface area contributed by atoms with E-state index in [9.17, 15) is 18.0 Å². The Hall–Kier alpha value is -3.26. The molecule has 0 atom stereocenters.